The van der Waals surface area contributed by atoms with Gasteiger partial charge in [0.15, 0.2) is 0 Å². The normalized spacial score (nSPS) is 11.5. The van der Waals surface area contributed by atoms with Crippen molar-refractivity contribution in [3.8, 4) is 22.4 Å². The third-order valence-corrected chi connectivity index (χ3v) is 5.21. The fraction of sp³-hybridized carbons (Fsp3) is 0.0455. The number of hydrogen-bond acceptors (Lipinski definition) is 3. The molecule has 6 heteroatoms. The molecule has 0 aliphatic rings. The Bertz CT molecular complexity index is 1250. The lowest BCUT2D eigenvalue weighted by Crippen LogP contribution is -2.09. The van der Waals surface area contributed by atoms with E-state index in [1.807, 2.05) is 60.7 Å². The summed E-state index contributed by atoms with van der Waals surface area (Å²) in [5, 5.41) is 1.75. The number of sulfonamides is 1. The molecule has 0 saturated carbocycles. The average Bonchev–Trinajstić information content (AvgIpc) is 2.67. The van der Waals surface area contributed by atoms with Crippen LogP contribution in [-0.4, -0.2) is 19.7 Å². The Labute approximate surface area is 168 Å². The zero-order chi connectivity index (χ0) is 19.7. The zero-order valence-corrected chi connectivity index (χ0v) is 16.6. The first-order chi connectivity index (χ1) is 13.4. The van der Waals surface area contributed by atoms with Crippen LogP contribution in [0.15, 0.2) is 78.9 Å². The van der Waals surface area contributed by atoms with Crippen molar-refractivity contribution in [2.75, 3.05) is 11.0 Å². The molecule has 0 unspecified atom stereocenters. The minimum atomic E-state index is -3.31. The van der Waals surface area contributed by atoms with Crippen molar-refractivity contribution in [1.82, 2.24) is 4.98 Å². The van der Waals surface area contributed by atoms with E-state index >= 15 is 0 Å². The van der Waals surface area contributed by atoms with E-state index in [9.17, 15) is 8.42 Å². The molecule has 1 heterocycles. The summed E-state index contributed by atoms with van der Waals surface area (Å²) in [6.07, 6.45) is 1.13. The van der Waals surface area contributed by atoms with Crippen LogP contribution in [0.4, 0.5) is 5.69 Å². The predicted molar refractivity (Wildman–Crippen MR) is 116 cm³/mol. The van der Waals surface area contributed by atoms with E-state index in [1.165, 1.54) is 0 Å². The van der Waals surface area contributed by atoms with Crippen molar-refractivity contribution < 1.29 is 8.42 Å². The van der Waals surface area contributed by atoms with Crippen LogP contribution < -0.4 is 4.72 Å². The molecule has 0 bridgehead atoms. The van der Waals surface area contributed by atoms with E-state index in [-0.39, 0.29) is 0 Å². The van der Waals surface area contributed by atoms with Crippen molar-refractivity contribution in [3.05, 3.63) is 83.9 Å². The number of rotatable bonds is 4. The number of benzene rings is 3. The van der Waals surface area contributed by atoms with E-state index in [0.717, 1.165) is 39.5 Å². The Balaban J connectivity index is 1.83. The van der Waals surface area contributed by atoms with Gasteiger partial charge in [-0.15, -0.1) is 0 Å². The van der Waals surface area contributed by atoms with E-state index in [1.54, 1.807) is 12.1 Å². The third-order valence-electron chi connectivity index (χ3n) is 4.36. The molecule has 28 heavy (non-hydrogen) atoms. The molecule has 1 N–H and O–H groups in total. The molecule has 4 aromatic rings. The molecule has 4 nitrogen and oxygen atoms in total. The second kappa shape index (κ2) is 7.26. The summed E-state index contributed by atoms with van der Waals surface area (Å²) in [5.74, 6) is 0. The standard InChI is InChI=1S/C22H17ClN2O2S/c1-28(26,27)25-18-12-8-16(9-13-18)22-14-20(15-6-10-17(23)11-7-15)19-4-2-3-5-21(19)24-22/h2-14,25H,1H3. The van der Waals surface area contributed by atoms with Crippen molar-refractivity contribution >= 4 is 38.2 Å². The summed E-state index contributed by atoms with van der Waals surface area (Å²) in [7, 11) is -3.31. The highest BCUT2D eigenvalue weighted by Crippen LogP contribution is 2.33. The average molecular weight is 409 g/mol. The van der Waals surface area contributed by atoms with Gasteiger partial charge in [-0.3, -0.25) is 4.72 Å². The summed E-state index contributed by atoms with van der Waals surface area (Å²) in [5.41, 5.74) is 5.25. The highest BCUT2D eigenvalue weighted by Gasteiger charge is 2.10. The van der Waals surface area contributed by atoms with Crippen LogP contribution in [0, 0.1) is 0 Å². The van der Waals surface area contributed by atoms with Crippen LogP contribution in [0.1, 0.15) is 0 Å². The summed E-state index contributed by atoms with van der Waals surface area (Å²) in [4.78, 5) is 4.79. The summed E-state index contributed by atoms with van der Waals surface area (Å²) in [6.45, 7) is 0. The van der Waals surface area contributed by atoms with E-state index in [2.05, 4.69) is 10.8 Å². The number of nitrogens with zero attached hydrogens (tertiary/aromatic N) is 1. The molecule has 0 aliphatic heterocycles. The molecule has 0 fully saturated rings. The number of aromatic nitrogens is 1. The molecule has 0 atom stereocenters. The number of pyridine rings is 1. The smallest absolute Gasteiger partial charge is 0.229 e. The number of anilines is 1. The van der Waals surface area contributed by atoms with E-state index in [4.69, 9.17) is 16.6 Å². The zero-order valence-electron chi connectivity index (χ0n) is 15.1. The lowest BCUT2D eigenvalue weighted by molar-refractivity contribution is 0.607. The third kappa shape index (κ3) is 4.01. The topological polar surface area (TPSA) is 59.1 Å². The first-order valence-corrected chi connectivity index (χ1v) is 10.9. The van der Waals surface area contributed by atoms with Crippen molar-refractivity contribution in [1.29, 1.82) is 0 Å². The van der Waals surface area contributed by atoms with Gasteiger partial charge < -0.3 is 0 Å². The van der Waals surface area contributed by atoms with Gasteiger partial charge in [-0.1, -0.05) is 54.1 Å². The van der Waals surface area contributed by atoms with Gasteiger partial charge in [0.2, 0.25) is 10.0 Å². The molecule has 140 valence electrons. The summed E-state index contributed by atoms with van der Waals surface area (Å²) >= 11 is 6.04. The number of hydrogen-bond donors (Lipinski definition) is 1. The van der Waals surface area contributed by atoms with Gasteiger partial charge in [0.05, 0.1) is 17.5 Å². The van der Waals surface area contributed by atoms with E-state index < -0.39 is 10.0 Å². The van der Waals surface area contributed by atoms with Crippen molar-refractivity contribution in [3.63, 3.8) is 0 Å². The Morgan fingerprint density at radius 3 is 2.18 bits per heavy atom. The number of fused-ring (bicyclic) bond motifs is 1. The van der Waals surface area contributed by atoms with Crippen LogP contribution in [0.2, 0.25) is 5.02 Å². The molecule has 0 spiro atoms. The number of halogens is 1. The lowest BCUT2D eigenvalue weighted by atomic mass is 9.98. The van der Waals surface area contributed by atoms with Gasteiger partial charge in [-0.25, -0.2) is 13.4 Å². The Hall–Kier alpha value is -2.89. The molecule has 1 aromatic heterocycles. The maximum absolute atomic E-state index is 11.4. The van der Waals surface area contributed by atoms with E-state index in [0.29, 0.717) is 10.7 Å². The fourth-order valence-corrected chi connectivity index (χ4v) is 3.80. The molecule has 0 saturated heterocycles. The highest BCUT2D eigenvalue weighted by molar-refractivity contribution is 7.92. The molecule has 4 rings (SSSR count). The lowest BCUT2D eigenvalue weighted by Gasteiger charge is -2.11. The summed E-state index contributed by atoms with van der Waals surface area (Å²) < 4.78 is 25.3. The first-order valence-electron chi connectivity index (χ1n) is 8.63. The van der Waals surface area contributed by atoms with Gasteiger partial charge in [-0.05, 0) is 47.5 Å². The Kier molecular flexibility index (Phi) is 4.79. The minimum absolute atomic E-state index is 0.518. The van der Waals surface area contributed by atoms with Gasteiger partial charge in [0, 0.05) is 21.7 Å². The summed E-state index contributed by atoms with van der Waals surface area (Å²) in [6, 6.07) is 24.9. The van der Waals surface area contributed by atoms with Crippen LogP contribution in [0.3, 0.4) is 0 Å². The van der Waals surface area contributed by atoms with Gasteiger partial charge in [-0.2, -0.15) is 0 Å². The quantitative estimate of drug-likeness (QED) is 0.478. The second-order valence-corrected chi connectivity index (χ2v) is 8.72. The van der Waals surface area contributed by atoms with Crippen molar-refractivity contribution in [2.24, 2.45) is 0 Å². The predicted octanol–water partition coefficient (Wildman–Crippen LogP) is 5.59. The maximum atomic E-state index is 11.4. The van der Waals surface area contributed by atoms with Crippen LogP contribution in [-0.2, 0) is 10.0 Å². The molecule has 0 radical (unpaired) electrons. The molecule has 0 aliphatic carbocycles. The first kappa shape index (κ1) is 18.5. The molecule has 0 amide bonds. The monoisotopic (exact) mass is 408 g/mol. The Morgan fingerprint density at radius 2 is 1.50 bits per heavy atom. The van der Waals surface area contributed by atoms with Crippen LogP contribution >= 0.6 is 11.6 Å². The largest absolute Gasteiger partial charge is 0.284 e. The SMILES string of the molecule is CS(=O)(=O)Nc1ccc(-c2cc(-c3ccc(Cl)cc3)c3ccccc3n2)cc1. The van der Waals surface area contributed by atoms with Gasteiger partial charge in [0.1, 0.15) is 0 Å². The molecular formula is C22H17ClN2O2S. The van der Waals surface area contributed by atoms with Crippen LogP contribution in [0.25, 0.3) is 33.3 Å². The number of para-hydroxylation sites is 1. The number of nitrogens with one attached hydrogen (secondary N) is 1. The second-order valence-electron chi connectivity index (χ2n) is 6.53. The van der Waals surface area contributed by atoms with Crippen molar-refractivity contribution in [2.45, 2.75) is 0 Å². The van der Waals surface area contributed by atoms with Gasteiger partial charge >= 0.3 is 0 Å². The molecular weight excluding hydrogens is 392 g/mol. The minimum Gasteiger partial charge on any atom is -0.284 e. The van der Waals surface area contributed by atoms with Crippen LogP contribution in [0.5, 0.6) is 0 Å². The van der Waals surface area contributed by atoms with Gasteiger partial charge in [0.25, 0.3) is 0 Å². The molecule has 3 aromatic carbocycles. The highest BCUT2D eigenvalue weighted by atomic mass is 35.5. The maximum Gasteiger partial charge on any atom is 0.229 e. The Morgan fingerprint density at radius 1 is 0.857 bits per heavy atom. The fourth-order valence-electron chi connectivity index (χ4n) is 3.11.